The van der Waals surface area contributed by atoms with E-state index in [1.807, 2.05) is 19.1 Å². The lowest BCUT2D eigenvalue weighted by Gasteiger charge is -2.18. The van der Waals surface area contributed by atoms with Crippen molar-refractivity contribution >= 4 is 5.97 Å². The third kappa shape index (κ3) is 1.64. The van der Waals surface area contributed by atoms with Gasteiger partial charge in [0, 0.05) is 5.56 Å². The Hall–Kier alpha value is -1.71. The van der Waals surface area contributed by atoms with E-state index in [4.69, 9.17) is 9.47 Å². The molecule has 0 heterocycles. The average Bonchev–Trinajstić information content (AvgIpc) is 3.09. The molecule has 0 unspecified atom stereocenters. The first-order chi connectivity index (χ1) is 8.06. The number of ether oxygens (including phenoxy) is 2. The Kier molecular flexibility index (Phi) is 2.73. The fourth-order valence-corrected chi connectivity index (χ4v) is 2.22. The Balaban J connectivity index is 2.59. The van der Waals surface area contributed by atoms with Gasteiger partial charge in [0.25, 0.3) is 0 Å². The normalized spacial score (nSPS) is 16.4. The second-order valence-corrected chi connectivity index (χ2v) is 4.38. The first-order valence-electron chi connectivity index (χ1n) is 5.52. The van der Waals surface area contributed by atoms with E-state index in [0.29, 0.717) is 24.3 Å². The van der Waals surface area contributed by atoms with Gasteiger partial charge in [-0.3, -0.25) is 4.79 Å². The van der Waals surface area contributed by atoms with Crippen LogP contribution in [0.2, 0.25) is 0 Å². The molecule has 0 atom stereocenters. The van der Waals surface area contributed by atoms with E-state index < -0.39 is 11.4 Å². The molecule has 4 heteroatoms. The number of aryl methyl sites for hydroxylation is 1. The fourth-order valence-electron chi connectivity index (χ4n) is 2.22. The predicted molar refractivity (Wildman–Crippen MR) is 62.8 cm³/mol. The standard InChI is InChI=1S/C13H16O4/c1-8-4-5-9(11(17-3)10(8)16-2)13(6-7-13)12(14)15/h4-5H,6-7H2,1-3H3,(H,14,15). The minimum absolute atomic E-state index is 0.549. The highest BCUT2D eigenvalue weighted by molar-refractivity contribution is 5.86. The maximum absolute atomic E-state index is 11.3. The van der Waals surface area contributed by atoms with Gasteiger partial charge in [0.15, 0.2) is 11.5 Å². The summed E-state index contributed by atoms with van der Waals surface area (Å²) in [4.78, 5) is 11.3. The number of carboxylic acid groups (broad SMARTS) is 1. The summed E-state index contributed by atoms with van der Waals surface area (Å²) in [5.74, 6) is 0.381. The summed E-state index contributed by atoms with van der Waals surface area (Å²) in [6.07, 6.45) is 1.32. The minimum atomic E-state index is -0.790. The van der Waals surface area contributed by atoms with Crippen LogP contribution in [0.3, 0.4) is 0 Å². The van der Waals surface area contributed by atoms with Gasteiger partial charge >= 0.3 is 5.97 Å². The predicted octanol–water partition coefficient (Wildman–Crippen LogP) is 2.13. The van der Waals surface area contributed by atoms with E-state index in [9.17, 15) is 9.90 Å². The molecule has 1 aromatic rings. The third-order valence-corrected chi connectivity index (χ3v) is 3.39. The van der Waals surface area contributed by atoms with E-state index in [-0.39, 0.29) is 0 Å². The van der Waals surface area contributed by atoms with Crippen LogP contribution in [-0.2, 0) is 10.2 Å². The van der Waals surface area contributed by atoms with Gasteiger partial charge in [-0.2, -0.15) is 0 Å². The second-order valence-electron chi connectivity index (χ2n) is 4.38. The topological polar surface area (TPSA) is 55.8 Å². The van der Waals surface area contributed by atoms with Gasteiger partial charge < -0.3 is 14.6 Å². The maximum atomic E-state index is 11.3. The van der Waals surface area contributed by atoms with Crippen molar-refractivity contribution in [3.8, 4) is 11.5 Å². The average molecular weight is 236 g/mol. The molecule has 92 valence electrons. The Morgan fingerprint density at radius 1 is 1.24 bits per heavy atom. The summed E-state index contributed by atoms with van der Waals surface area (Å²) < 4.78 is 10.6. The van der Waals surface area contributed by atoms with Gasteiger partial charge in [-0.15, -0.1) is 0 Å². The molecule has 0 aromatic heterocycles. The summed E-state index contributed by atoms with van der Waals surface area (Å²) >= 11 is 0. The van der Waals surface area contributed by atoms with E-state index >= 15 is 0 Å². The number of hydrogen-bond acceptors (Lipinski definition) is 3. The van der Waals surface area contributed by atoms with Crippen molar-refractivity contribution in [2.24, 2.45) is 0 Å². The van der Waals surface area contributed by atoms with E-state index in [1.54, 1.807) is 14.2 Å². The Morgan fingerprint density at radius 2 is 1.82 bits per heavy atom. The van der Waals surface area contributed by atoms with Crippen LogP contribution < -0.4 is 9.47 Å². The molecule has 1 aliphatic rings. The second kappa shape index (κ2) is 3.95. The van der Waals surface area contributed by atoms with Gasteiger partial charge in [0.05, 0.1) is 19.6 Å². The molecule has 4 nitrogen and oxygen atoms in total. The van der Waals surface area contributed by atoms with Crippen LogP contribution >= 0.6 is 0 Å². The first-order valence-corrected chi connectivity index (χ1v) is 5.52. The number of carbonyl (C=O) groups is 1. The highest BCUT2D eigenvalue weighted by Gasteiger charge is 2.53. The number of rotatable bonds is 4. The summed E-state index contributed by atoms with van der Waals surface area (Å²) in [6, 6.07) is 3.71. The monoisotopic (exact) mass is 236 g/mol. The van der Waals surface area contributed by atoms with Crippen molar-refractivity contribution in [3.05, 3.63) is 23.3 Å². The molecule has 1 N–H and O–H groups in total. The summed E-state index contributed by atoms with van der Waals surface area (Å²) in [6.45, 7) is 1.91. The van der Waals surface area contributed by atoms with Crippen molar-refractivity contribution in [1.29, 1.82) is 0 Å². The summed E-state index contributed by atoms with van der Waals surface area (Å²) in [7, 11) is 3.10. The molecule has 0 spiro atoms. The molecule has 0 aliphatic heterocycles. The molecular weight excluding hydrogens is 220 g/mol. The zero-order chi connectivity index (χ0) is 12.6. The lowest BCUT2D eigenvalue weighted by molar-refractivity contribution is -0.140. The van der Waals surface area contributed by atoms with Crippen LogP contribution in [0.25, 0.3) is 0 Å². The molecule has 1 aliphatic carbocycles. The van der Waals surface area contributed by atoms with Crippen molar-refractivity contribution in [3.63, 3.8) is 0 Å². The first kappa shape index (κ1) is 11.8. The van der Waals surface area contributed by atoms with Crippen LogP contribution in [0.1, 0.15) is 24.0 Å². The van der Waals surface area contributed by atoms with E-state index in [0.717, 1.165) is 11.1 Å². The van der Waals surface area contributed by atoms with Crippen molar-refractivity contribution in [1.82, 2.24) is 0 Å². The van der Waals surface area contributed by atoms with Gasteiger partial charge in [0.1, 0.15) is 0 Å². The number of carboxylic acids is 1. The van der Waals surface area contributed by atoms with E-state index in [1.165, 1.54) is 0 Å². The molecular formula is C13H16O4. The molecule has 17 heavy (non-hydrogen) atoms. The molecule has 1 aromatic carbocycles. The lowest BCUT2D eigenvalue weighted by Crippen LogP contribution is -2.20. The van der Waals surface area contributed by atoms with Crippen LogP contribution in [-0.4, -0.2) is 25.3 Å². The fraction of sp³-hybridized carbons (Fsp3) is 0.462. The largest absolute Gasteiger partial charge is 0.493 e. The van der Waals surface area contributed by atoms with Crippen molar-refractivity contribution < 1.29 is 19.4 Å². The van der Waals surface area contributed by atoms with E-state index in [2.05, 4.69) is 0 Å². The Morgan fingerprint density at radius 3 is 2.24 bits per heavy atom. The van der Waals surface area contributed by atoms with Gasteiger partial charge in [-0.05, 0) is 25.3 Å². The zero-order valence-electron chi connectivity index (χ0n) is 10.2. The number of aliphatic carboxylic acids is 1. The molecule has 0 saturated heterocycles. The van der Waals surface area contributed by atoms with Gasteiger partial charge in [-0.1, -0.05) is 12.1 Å². The lowest BCUT2D eigenvalue weighted by atomic mass is 9.93. The molecule has 0 amide bonds. The smallest absolute Gasteiger partial charge is 0.314 e. The minimum Gasteiger partial charge on any atom is -0.493 e. The molecule has 1 fully saturated rings. The summed E-state index contributed by atoms with van der Waals surface area (Å²) in [5.41, 5.74) is 0.885. The van der Waals surface area contributed by atoms with Crippen LogP contribution in [0.15, 0.2) is 12.1 Å². The van der Waals surface area contributed by atoms with Crippen molar-refractivity contribution in [2.75, 3.05) is 14.2 Å². The third-order valence-electron chi connectivity index (χ3n) is 3.39. The zero-order valence-corrected chi connectivity index (χ0v) is 10.2. The van der Waals surface area contributed by atoms with Crippen LogP contribution in [0, 0.1) is 6.92 Å². The highest BCUT2D eigenvalue weighted by Crippen LogP contribution is 2.53. The highest BCUT2D eigenvalue weighted by atomic mass is 16.5. The number of benzene rings is 1. The molecule has 2 rings (SSSR count). The van der Waals surface area contributed by atoms with Crippen molar-refractivity contribution in [2.45, 2.75) is 25.2 Å². The van der Waals surface area contributed by atoms with Gasteiger partial charge in [0.2, 0.25) is 0 Å². The Labute approximate surface area is 100 Å². The maximum Gasteiger partial charge on any atom is 0.314 e. The van der Waals surface area contributed by atoms with Crippen LogP contribution in [0.5, 0.6) is 11.5 Å². The number of methoxy groups -OCH3 is 2. The molecule has 0 radical (unpaired) electrons. The van der Waals surface area contributed by atoms with Crippen LogP contribution in [0.4, 0.5) is 0 Å². The quantitative estimate of drug-likeness (QED) is 0.870. The Bertz CT molecular complexity index is 461. The summed E-state index contributed by atoms with van der Waals surface area (Å²) in [5, 5.41) is 9.31. The SMILES string of the molecule is COc1c(C)ccc(C2(C(=O)O)CC2)c1OC. The van der Waals surface area contributed by atoms with Gasteiger partial charge in [-0.25, -0.2) is 0 Å². The molecule has 0 bridgehead atoms. The number of hydrogen-bond donors (Lipinski definition) is 1. The molecule has 1 saturated carbocycles.